The van der Waals surface area contributed by atoms with E-state index in [1.807, 2.05) is 24.3 Å². The molecular formula is C14H14N4. The van der Waals surface area contributed by atoms with Gasteiger partial charge in [-0.25, -0.2) is 9.97 Å². The fourth-order valence-electron chi connectivity index (χ4n) is 1.59. The van der Waals surface area contributed by atoms with Gasteiger partial charge in [-0.3, -0.25) is 0 Å². The Bertz CT molecular complexity index is 572. The molecule has 90 valence electrons. The third kappa shape index (κ3) is 2.83. The highest BCUT2D eigenvalue weighted by Crippen LogP contribution is 2.18. The molecule has 1 N–H and O–H groups in total. The second kappa shape index (κ2) is 5.78. The van der Waals surface area contributed by atoms with Crippen LogP contribution in [-0.2, 0) is 0 Å². The smallest absolute Gasteiger partial charge is 0.223 e. The molecule has 0 unspecified atom stereocenters. The van der Waals surface area contributed by atoms with E-state index in [9.17, 15) is 0 Å². The molecule has 0 fully saturated rings. The summed E-state index contributed by atoms with van der Waals surface area (Å²) in [5, 5.41) is 12.0. The van der Waals surface area contributed by atoms with E-state index in [1.54, 1.807) is 12.3 Å². The standard InChI is InChI=1S/C14H14N4/c1-2-7-16-14-17-8-6-13(18-14)12-5-3-4-11(9-12)10-15/h3-6,8-9H,2,7H2,1H3,(H,16,17,18). The van der Waals surface area contributed by atoms with Crippen molar-refractivity contribution >= 4 is 5.95 Å². The van der Waals surface area contributed by atoms with Crippen LogP contribution in [0.2, 0.25) is 0 Å². The Morgan fingerprint density at radius 3 is 3.00 bits per heavy atom. The maximum atomic E-state index is 8.88. The van der Waals surface area contributed by atoms with Crippen LogP contribution in [-0.4, -0.2) is 16.5 Å². The lowest BCUT2D eigenvalue weighted by Crippen LogP contribution is -2.04. The zero-order valence-corrected chi connectivity index (χ0v) is 10.2. The largest absolute Gasteiger partial charge is 0.354 e. The van der Waals surface area contributed by atoms with Crippen LogP contribution >= 0.6 is 0 Å². The number of nitriles is 1. The van der Waals surface area contributed by atoms with E-state index in [1.165, 1.54) is 0 Å². The highest BCUT2D eigenvalue weighted by molar-refractivity contribution is 5.62. The Balaban J connectivity index is 2.29. The van der Waals surface area contributed by atoms with Gasteiger partial charge in [-0.1, -0.05) is 19.1 Å². The molecule has 0 saturated carbocycles. The van der Waals surface area contributed by atoms with Gasteiger partial charge in [0.05, 0.1) is 17.3 Å². The number of rotatable bonds is 4. The van der Waals surface area contributed by atoms with Crippen LogP contribution in [0, 0.1) is 11.3 Å². The van der Waals surface area contributed by atoms with Crippen LogP contribution in [0.3, 0.4) is 0 Å². The molecule has 0 aliphatic carbocycles. The Hall–Kier alpha value is -2.41. The number of nitrogens with zero attached hydrogens (tertiary/aromatic N) is 3. The van der Waals surface area contributed by atoms with Crippen LogP contribution in [0.5, 0.6) is 0 Å². The summed E-state index contributed by atoms with van der Waals surface area (Å²) in [5.41, 5.74) is 2.38. The predicted molar refractivity (Wildman–Crippen MR) is 71.0 cm³/mol. The van der Waals surface area contributed by atoms with Crippen molar-refractivity contribution < 1.29 is 0 Å². The van der Waals surface area contributed by atoms with Gasteiger partial charge < -0.3 is 5.32 Å². The minimum atomic E-state index is 0.622. The highest BCUT2D eigenvalue weighted by atomic mass is 15.1. The fraction of sp³-hybridized carbons (Fsp3) is 0.214. The van der Waals surface area contributed by atoms with E-state index in [-0.39, 0.29) is 0 Å². The lowest BCUT2D eigenvalue weighted by atomic mass is 10.1. The molecule has 2 rings (SSSR count). The summed E-state index contributed by atoms with van der Waals surface area (Å²) >= 11 is 0. The molecule has 2 aromatic rings. The highest BCUT2D eigenvalue weighted by Gasteiger charge is 2.02. The molecule has 0 spiro atoms. The maximum Gasteiger partial charge on any atom is 0.223 e. The summed E-state index contributed by atoms with van der Waals surface area (Å²) in [6, 6.07) is 11.4. The third-order valence-electron chi connectivity index (χ3n) is 2.48. The molecule has 4 nitrogen and oxygen atoms in total. The monoisotopic (exact) mass is 238 g/mol. The summed E-state index contributed by atoms with van der Waals surface area (Å²) < 4.78 is 0. The summed E-state index contributed by atoms with van der Waals surface area (Å²) in [5.74, 6) is 0.622. The van der Waals surface area contributed by atoms with Crippen molar-refractivity contribution in [3.8, 4) is 17.3 Å². The van der Waals surface area contributed by atoms with Gasteiger partial charge in [-0.05, 0) is 24.6 Å². The maximum absolute atomic E-state index is 8.88. The number of hydrogen-bond donors (Lipinski definition) is 1. The quantitative estimate of drug-likeness (QED) is 0.889. The second-order valence-corrected chi connectivity index (χ2v) is 3.88. The summed E-state index contributed by atoms with van der Waals surface area (Å²) in [6.07, 6.45) is 2.75. The first-order chi connectivity index (χ1) is 8.83. The number of nitrogens with one attached hydrogen (secondary N) is 1. The van der Waals surface area contributed by atoms with Crippen LogP contribution in [0.15, 0.2) is 36.5 Å². The van der Waals surface area contributed by atoms with Gasteiger partial charge in [0.1, 0.15) is 0 Å². The average Bonchev–Trinajstić information content (AvgIpc) is 2.45. The summed E-state index contributed by atoms with van der Waals surface area (Å²) in [7, 11) is 0. The Labute approximate surface area is 106 Å². The van der Waals surface area contributed by atoms with E-state index in [0.29, 0.717) is 11.5 Å². The Morgan fingerprint density at radius 2 is 2.22 bits per heavy atom. The predicted octanol–water partition coefficient (Wildman–Crippen LogP) is 2.84. The van der Waals surface area contributed by atoms with E-state index in [0.717, 1.165) is 24.2 Å². The van der Waals surface area contributed by atoms with Crippen LogP contribution < -0.4 is 5.32 Å². The summed E-state index contributed by atoms with van der Waals surface area (Å²) in [4.78, 5) is 8.58. The molecule has 0 aliphatic rings. The first-order valence-electron chi connectivity index (χ1n) is 5.91. The summed E-state index contributed by atoms with van der Waals surface area (Å²) in [6.45, 7) is 2.94. The van der Waals surface area contributed by atoms with Crippen molar-refractivity contribution in [1.82, 2.24) is 9.97 Å². The minimum absolute atomic E-state index is 0.622. The van der Waals surface area contributed by atoms with E-state index >= 15 is 0 Å². The molecule has 0 amide bonds. The van der Waals surface area contributed by atoms with E-state index < -0.39 is 0 Å². The molecule has 0 radical (unpaired) electrons. The van der Waals surface area contributed by atoms with E-state index in [4.69, 9.17) is 5.26 Å². The second-order valence-electron chi connectivity index (χ2n) is 3.88. The number of aromatic nitrogens is 2. The first kappa shape index (κ1) is 12.1. The molecule has 1 aromatic carbocycles. The Morgan fingerprint density at radius 1 is 1.33 bits per heavy atom. The molecule has 0 bridgehead atoms. The molecule has 0 atom stereocenters. The third-order valence-corrected chi connectivity index (χ3v) is 2.48. The van der Waals surface area contributed by atoms with Gasteiger partial charge in [0.2, 0.25) is 5.95 Å². The molecule has 1 heterocycles. The molecule has 0 aliphatic heterocycles. The fourth-order valence-corrected chi connectivity index (χ4v) is 1.59. The van der Waals surface area contributed by atoms with Gasteiger partial charge in [-0.15, -0.1) is 0 Å². The van der Waals surface area contributed by atoms with Crippen LogP contribution in [0.25, 0.3) is 11.3 Å². The normalized spacial score (nSPS) is 9.78. The van der Waals surface area contributed by atoms with Crippen molar-refractivity contribution in [2.75, 3.05) is 11.9 Å². The van der Waals surface area contributed by atoms with Crippen LogP contribution in [0.1, 0.15) is 18.9 Å². The van der Waals surface area contributed by atoms with Gasteiger partial charge in [0, 0.05) is 18.3 Å². The zero-order chi connectivity index (χ0) is 12.8. The first-order valence-corrected chi connectivity index (χ1v) is 5.91. The molecular weight excluding hydrogens is 224 g/mol. The topological polar surface area (TPSA) is 61.6 Å². The Kier molecular flexibility index (Phi) is 3.87. The molecule has 4 heteroatoms. The molecule has 18 heavy (non-hydrogen) atoms. The van der Waals surface area contributed by atoms with Gasteiger partial charge in [0.15, 0.2) is 0 Å². The van der Waals surface area contributed by atoms with Crippen molar-refractivity contribution in [2.24, 2.45) is 0 Å². The van der Waals surface area contributed by atoms with E-state index in [2.05, 4.69) is 28.3 Å². The SMILES string of the molecule is CCCNc1nccc(-c2cccc(C#N)c2)n1. The van der Waals surface area contributed by atoms with Crippen molar-refractivity contribution in [2.45, 2.75) is 13.3 Å². The molecule has 1 aromatic heterocycles. The lowest BCUT2D eigenvalue weighted by molar-refractivity contribution is 0.953. The van der Waals surface area contributed by atoms with Crippen molar-refractivity contribution in [3.05, 3.63) is 42.1 Å². The zero-order valence-electron chi connectivity index (χ0n) is 10.2. The van der Waals surface area contributed by atoms with Crippen LogP contribution in [0.4, 0.5) is 5.95 Å². The number of hydrogen-bond acceptors (Lipinski definition) is 4. The van der Waals surface area contributed by atoms with Gasteiger partial charge >= 0.3 is 0 Å². The average molecular weight is 238 g/mol. The van der Waals surface area contributed by atoms with Crippen molar-refractivity contribution in [1.29, 1.82) is 5.26 Å². The van der Waals surface area contributed by atoms with Gasteiger partial charge in [0.25, 0.3) is 0 Å². The number of anilines is 1. The van der Waals surface area contributed by atoms with Gasteiger partial charge in [-0.2, -0.15) is 5.26 Å². The molecule has 0 saturated heterocycles. The lowest BCUT2D eigenvalue weighted by Gasteiger charge is -2.05. The number of benzene rings is 1. The minimum Gasteiger partial charge on any atom is -0.354 e. The van der Waals surface area contributed by atoms with Crippen molar-refractivity contribution in [3.63, 3.8) is 0 Å².